The third-order valence-corrected chi connectivity index (χ3v) is 4.92. The molecule has 2 aromatic carbocycles. The highest BCUT2D eigenvalue weighted by molar-refractivity contribution is 5.86. The zero-order chi connectivity index (χ0) is 19.4. The Hall–Kier alpha value is -2.53. The average Bonchev–Trinajstić information content (AvgIpc) is 3.13. The average molecular weight is 370 g/mol. The van der Waals surface area contributed by atoms with Crippen LogP contribution in [0.1, 0.15) is 43.4 Å². The van der Waals surface area contributed by atoms with Gasteiger partial charge in [0.2, 0.25) is 5.91 Å². The van der Waals surface area contributed by atoms with Crippen LogP contribution >= 0.6 is 0 Å². The molecule has 0 saturated carbocycles. The van der Waals surface area contributed by atoms with Crippen molar-refractivity contribution in [2.75, 3.05) is 6.54 Å². The second-order valence-electron chi connectivity index (χ2n) is 6.89. The van der Waals surface area contributed by atoms with Crippen LogP contribution in [0, 0.1) is 11.6 Å². The van der Waals surface area contributed by atoms with E-state index in [-0.39, 0.29) is 24.1 Å². The topological polar surface area (TPSA) is 46.3 Å². The number of halogens is 2. The first-order valence-electron chi connectivity index (χ1n) is 9.28. The molecule has 3 nitrogen and oxygen atoms in total. The van der Waals surface area contributed by atoms with Crippen molar-refractivity contribution in [1.29, 1.82) is 0 Å². The number of carbonyl (C=O) groups excluding carboxylic acids is 1. The van der Waals surface area contributed by atoms with E-state index in [1.54, 1.807) is 4.90 Å². The molecule has 3 rings (SSSR count). The molecule has 2 aromatic rings. The normalized spacial score (nSPS) is 17.7. The maximum absolute atomic E-state index is 14.3. The Balaban J connectivity index is 1.94. The van der Waals surface area contributed by atoms with Gasteiger partial charge < -0.3 is 10.6 Å². The van der Waals surface area contributed by atoms with E-state index in [0.717, 1.165) is 30.5 Å². The summed E-state index contributed by atoms with van der Waals surface area (Å²) >= 11 is 0. The zero-order valence-corrected chi connectivity index (χ0v) is 15.4. The lowest BCUT2D eigenvalue weighted by molar-refractivity contribution is -0.133. The predicted molar refractivity (Wildman–Crippen MR) is 103 cm³/mol. The van der Waals surface area contributed by atoms with Gasteiger partial charge in [-0.1, -0.05) is 56.2 Å². The van der Waals surface area contributed by atoms with Gasteiger partial charge in [0.1, 0.15) is 11.6 Å². The van der Waals surface area contributed by atoms with Gasteiger partial charge in [-0.05, 0) is 35.8 Å². The van der Waals surface area contributed by atoms with Crippen molar-refractivity contribution < 1.29 is 13.6 Å². The number of benzene rings is 2. The van der Waals surface area contributed by atoms with E-state index in [2.05, 4.69) is 0 Å². The van der Waals surface area contributed by atoms with E-state index in [9.17, 15) is 13.6 Å². The highest BCUT2D eigenvalue weighted by atomic mass is 19.1. The lowest BCUT2D eigenvalue weighted by Crippen LogP contribution is -2.43. The Morgan fingerprint density at radius 1 is 1.22 bits per heavy atom. The lowest BCUT2D eigenvalue weighted by Gasteiger charge is -2.28. The summed E-state index contributed by atoms with van der Waals surface area (Å²) in [6.45, 7) is 2.25. The zero-order valence-electron chi connectivity index (χ0n) is 15.4. The van der Waals surface area contributed by atoms with E-state index in [1.165, 1.54) is 6.07 Å². The first kappa shape index (κ1) is 19.2. The monoisotopic (exact) mass is 370 g/mol. The molecule has 0 saturated heterocycles. The predicted octanol–water partition coefficient (Wildman–Crippen LogP) is 4.45. The fraction of sp³-hybridized carbons (Fsp3) is 0.318. The van der Waals surface area contributed by atoms with E-state index in [4.69, 9.17) is 5.73 Å². The fourth-order valence-electron chi connectivity index (χ4n) is 3.44. The van der Waals surface area contributed by atoms with Crippen LogP contribution in [0.5, 0.6) is 0 Å². The molecule has 1 aliphatic heterocycles. The molecule has 1 heterocycles. The SMILES string of the molecule is CCCCC(N)C(=O)N1CC(c2cc(F)ccc2F)=CC1c1ccccc1. The standard InChI is InChI=1S/C22H24F2N2O/c1-2-3-9-20(25)22(27)26-14-16(18-13-17(23)10-11-19(18)24)12-21(26)15-7-5-4-6-8-15/h4-8,10-13,20-21H,2-3,9,14,25H2,1H3. The minimum absolute atomic E-state index is 0.166. The largest absolute Gasteiger partial charge is 0.326 e. The summed E-state index contributed by atoms with van der Waals surface area (Å²) in [5, 5.41) is 0. The molecule has 0 radical (unpaired) electrons. The van der Waals surface area contributed by atoms with Gasteiger partial charge in [0, 0.05) is 12.1 Å². The number of hydrogen-bond donors (Lipinski definition) is 1. The van der Waals surface area contributed by atoms with Crippen molar-refractivity contribution >= 4 is 11.5 Å². The van der Waals surface area contributed by atoms with Crippen LogP contribution in [0.3, 0.4) is 0 Å². The number of rotatable bonds is 6. The Morgan fingerprint density at radius 2 is 1.96 bits per heavy atom. The number of unbranched alkanes of at least 4 members (excludes halogenated alkanes) is 1. The molecule has 1 amide bonds. The van der Waals surface area contributed by atoms with Crippen LogP contribution in [0.2, 0.25) is 0 Å². The van der Waals surface area contributed by atoms with Crippen molar-refractivity contribution in [1.82, 2.24) is 4.90 Å². The third kappa shape index (κ3) is 4.25. The number of amides is 1. The smallest absolute Gasteiger partial charge is 0.240 e. The van der Waals surface area contributed by atoms with E-state index >= 15 is 0 Å². The Morgan fingerprint density at radius 3 is 2.67 bits per heavy atom. The van der Waals surface area contributed by atoms with E-state index < -0.39 is 17.7 Å². The molecule has 0 bridgehead atoms. The van der Waals surface area contributed by atoms with Crippen molar-refractivity contribution in [3.63, 3.8) is 0 Å². The Kier molecular flexibility index (Phi) is 6.01. The number of nitrogens with two attached hydrogens (primary N) is 1. The van der Waals surface area contributed by atoms with Crippen molar-refractivity contribution in [2.45, 2.75) is 38.3 Å². The molecule has 142 valence electrons. The number of hydrogen-bond acceptors (Lipinski definition) is 2. The van der Waals surface area contributed by atoms with Crippen LogP contribution in [-0.2, 0) is 4.79 Å². The molecule has 2 atom stereocenters. The van der Waals surface area contributed by atoms with Gasteiger partial charge in [0.25, 0.3) is 0 Å². The fourth-order valence-corrected chi connectivity index (χ4v) is 3.44. The van der Waals surface area contributed by atoms with Crippen LogP contribution in [-0.4, -0.2) is 23.4 Å². The molecular weight excluding hydrogens is 346 g/mol. The molecule has 2 unspecified atom stereocenters. The molecule has 27 heavy (non-hydrogen) atoms. The van der Waals surface area contributed by atoms with Crippen LogP contribution in [0.25, 0.3) is 5.57 Å². The second-order valence-corrected chi connectivity index (χ2v) is 6.89. The summed E-state index contributed by atoms with van der Waals surface area (Å²) in [5.41, 5.74) is 7.81. The van der Waals surface area contributed by atoms with Gasteiger partial charge in [-0.3, -0.25) is 4.79 Å². The van der Waals surface area contributed by atoms with E-state index in [0.29, 0.717) is 12.0 Å². The quantitative estimate of drug-likeness (QED) is 0.817. The molecule has 5 heteroatoms. The molecular formula is C22H24F2N2O. The summed E-state index contributed by atoms with van der Waals surface area (Å²) < 4.78 is 27.9. The minimum atomic E-state index is -0.596. The second kappa shape index (κ2) is 8.44. The Labute approximate surface area is 158 Å². The molecule has 0 spiro atoms. The summed E-state index contributed by atoms with van der Waals surface area (Å²) in [4.78, 5) is 14.6. The highest BCUT2D eigenvalue weighted by Crippen LogP contribution is 2.36. The summed E-state index contributed by atoms with van der Waals surface area (Å²) in [5.74, 6) is -1.17. The van der Waals surface area contributed by atoms with Crippen molar-refractivity contribution in [3.8, 4) is 0 Å². The first-order valence-corrected chi connectivity index (χ1v) is 9.28. The first-order chi connectivity index (χ1) is 13.0. The molecule has 0 aromatic heterocycles. The van der Waals surface area contributed by atoms with Crippen LogP contribution < -0.4 is 5.73 Å². The molecule has 2 N–H and O–H groups in total. The molecule has 1 aliphatic rings. The minimum Gasteiger partial charge on any atom is -0.326 e. The maximum Gasteiger partial charge on any atom is 0.240 e. The summed E-state index contributed by atoms with van der Waals surface area (Å²) in [6.07, 6.45) is 4.27. The lowest BCUT2D eigenvalue weighted by atomic mass is 10.0. The highest BCUT2D eigenvalue weighted by Gasteiger charge is 2.33. The number of nitrogens with zero attached hydrogens (tertiary/aromatic N) is 1. The van der Waals surface area contributed by atoms with Crippen LogP contribution in [0.15, 0.2) is 54.6 Å². The van der Waals surface area contributed by atoms with Crippen molar-refractivity contribution in [3.05, 3.63) is 77.4 Å². The summed E-state index contributed by atoms with van der Waals surface area (Å²) in [6, 6.07) is 12.0. The van der Waals surface area contributed by atoms with Gasteiger partial charge in [-0.2, -0.15) is 0 Å². The van der Waals surface area contributed by atoms with Gasteiger partial charge >= 0.3 is 0 Å². The van der Waals surface area contributed by atoms with Crippen molar-refractivity contribution in [2.24, 2.45) is 5.73 Å². The van der Waals surface area contributed by atoms with Gasteiger partial charge in [-0.25, -0.2) is 8.78 Å². The number of carbonyl (C=O) groups is 1. The van der Waals surface area contributed by atoms with Gasteiger partial charge in [0.15, 0.2) is 0 Å². The molecule has 0 aliphatic carbocycles. The molecule has 0 fully saturated rings. The maximum atomic E-state index is 14.3. The van der Waals surface area contributed by atoms with Gasteiger partial charge in [0.05, 0.1) is 12.1 Å². The summed E-state index contributed by atoms with van der Waals surface area (Å²) in [7, 11) is 0. The van der Waals surface area contributed by atoms with Gasteiger partial charge in [-0.15, -0.1) is 0 Å². The Bertz CT molecular complexity index is 835. The third-order valence-electron chi connectivity index (χ3n) is 4.92. The van der Waals surface area contributed by atoms with Crippen LogP contribution in [0.4, 0.5) is 8.78 Å². The van der Waals surface area contributed by atoms with E-state index in [1.807, 2.05) is 43.3 Å².